The number of hydrogen-bond donors (Lipinski definition) is 4. The Bertz CT molecular complexity index is 745. The van der Waals surface area contributed by atoms with Crippen molar-refractivity contribution in [2.24, 2.45) is 0 Å². The SMILES string of the molecule is CNC(C(=O)NCc1ccccc1)c1cccc(C=CC(=O)NO)c1. The van der Waals surface area contributed by atoms with E-state index in [1.54, 1.807) is 25.3 Å². The van der Waals surface area contributed by atoms with Crippen molar-refractivity contribution in [2.45, 2.75) is 12.6 Å². The molecule has 0 radical (unpaired) electrons. The van der Waals surface area contributed by atoms with E-state index >= 15 is 0 Å². The van der Waals surface area contributed by atoms with Crippen LogP contribution in [0.3, 0.4) is 0 Å². The zero-order valence-corrected chi connectivity index (χ0v) is 13.9. The van der Waals surface area contributed by atoms with Crippen molar-refractivity contribution in [3.63, 3.8) is 0 Å². The van der Waals surface area contributed by atoms with Gasteiger partial charge in [0.05, 0.1) is 0 Å². The Morgan fingerprint density at radius 2 is 1.88 bits per heavy atom. The van der Waals surface area contributed by atoms with E-state index in [9.17, 15) is 9.59 Å². The first-order chi connectivity index (χ1) is 12.1. The van der Waals surface area contributed by atoms with Crippen molar-refractivity contribution < 1.29 is 14.8 Å². The highest BCUT2D eigenvalue weighted by molar-refractivity contribution is 5.91. The lowest BCUT2D eigenvalue weighted by molar-refractivity contribution is -0.124. The molecule has 0 aliphatic rings. The zero-order valence-electron chi connectivity index (χ0n) is 13.9. The van der Waals surface area contributed by atoms with Gasteiger partial charge >= 0.3 is 0 Å². The molecule has 6 heteroatoms. The monoisotopic (exact) mass is 339 g/mol. The Morgan fingerprint density at radius 3 is 2.56 bits per heavy atom. The molecule has 2 aromatic carbocycles. The second-order valence-corrected chi connectivity index (χ2v) is 5.40. The number of carbonyl (C=O) groups excluding carboxylic acids is 2. The minimum atomic E-state index is -0.615. The van der Waals surface area contributed by atoms with Crippen LogP contribution in [0, 0.1) is 0 Å². The van der Waals surface area contributed by atoms with Crippen LogP contribution in [-0.2, 0) is 16.1 Å². The van der Waals surface area contributed by atoms with E-state index in [0.29, 0.717) is 6.54 Å². The van der Waals surface area contributed by atoms with Crippen molar-refractivity contribution in [3.05, 3.63) is 77.4 Å². The summed E-state index contributed by atoms with van der Waals surface area (Å²) in [7, 11) is 1.72. The summed E-state index contributed by atoms with van der Waals surface area (Å²) in [5.74, 6) is -0.753. The standard InChI is InChI=1S/C19H21N3O3/c1-20-18(19(24)21-13-15-6-3-2-4-7-15)16-9-5-8-14(12-16)10-11-17(23)22-25/h2-12,18,20,25H,13H2,1H3,(H,21,24)(H,22,23). The van der Waals surface area contributed by atoms with Gasteiger partial charge in [-0.05, 0) is 35.9 Å². The van der Waals surface area contributed by atoms with E-state index in [1.807, 2.05) is 42.5 Å². The summed E-state index contributed by atoms with van der Waals surface area (Å²) in [5, 5.41) is 14.4. The highest BCUT2D eigenvalue weighted by Crippen LogP contribution is 2.16. The second kappa shape index (κ2) is 9.36. The van der Waals surface area contributed by atoms with E-state index in [2.05, 4.69) is 10.6 Å². The van der Waals surface area contributed by atoms with Crippen LogP contribution < -0.4 is 16.1 Å². The molecule has 6 nitrogen and oxygen atoms in total. The summed E-state index contributed by atoms with van der Waals surface area (Å²) < 4.78 is 0. The predicted octanol–water partition coefficient (Wildman–Crippen LogP) is 1.78. The highest BCUT2D eigenvalue weighted by Gasteiger charge is 2.18. The molecule has 0 heterocycles. The van der Waals surface area contributed by atoms with Gasteiger partial charge in [-0.2, -0.15) is 0 Å². The van der Waals surface area contributed by atoms with E-state index in [4.69, 9.17) is 5.21 Å². The van der Waals surface area contributed by atoms with Crippen LogP contribution in [0.2, 0.25) is 0 Å². The molecule has 25 heavy (non-hydrogen) atoms. The summed E-state index contributed by atoms with van der Waals surface area (Å²) in [4.78, 5) is 23.5. The maximum atomic E-state index is 12.5. The largest absolute Gasteiger partial charge is 0.350 e. The van der Waals surface area contributed by atoms with Gasteiger partial charge < -0.3 is 10.6 Å². The van der Waals surface area contributed by atoms with Gasteiger partial charge in [0.1, 0.15) is 6.04 Å². The number of likely N-dealkylation sites (N-methyl/N-ethyl adjacent to an activating group) is 1. The molecule has 2 aromatic rings. The molecule has 0 saturated heterocycles. The lowest BCUT2D eigenvalue weighted by Crippen LogP contribution is -2.35. The van der Waals surface area contributed by atoms with Gasteiger partial charge in [0, 0.05) is 12.6 Å². The van der Waals surface area contributed by atoms with Crippen LogP contribution in [-0.4, -0.2) is 24.1 Å². The molecule has 0 fully saturated rings. The smallest absolute Gasteiger partial charge is 0.267 e. The summed E-state index contributed by atoms with van der Waals surface area (Å²) in [5.41, 5.74) is 4.08. The van der Waals surface area contributed by atoms with Gasteiger partial charge in [0.15, 0.2) is 0 Å². The average molecular weight is 339 g/mol. The molecule has 2 rings (SSSR count). The predicted molar refractivity (Wildman–Crippen MR) is 95.5 cm³/mol. The Kier molecular flexibility index (Phi) is 6.88. The topological polar surface area (TPSA) is 90.5 Å². The van der Waals surface area contributed by atoms with Crippen LogP contribution >= 0.6 is 0 Å². The Morgan fingerprint density at radius 1 is 1.12 bits per heavy atom. The van der Waals surface area contributed by atoms with Crippen molar-refractivity contribution in [2.75, 3.05) is 7.05 Å². The molecular weight excluding hydrogens is 318 g/mol. The summed E-state index contributed by atoms with van der Waals surface area (Å²) in [6, 6.07) is 16.4. The molecule has 0 spiro atoms. The van der Waals surface area contributed by atoms with Gasteiger partial charge in [-0.3, -0.25) is 14.8 Å². The molecule has 1 unspecified atom stereocenters. The van der Waals surface area contributed by atoms with E-state index < -0.39 is 11.9 Å². The molecule has 2 amide bonds. The van der Waals surface area contributed by atoms with Crippen molar-refractivity contribution in [1.82, 2.24) is 16.1 Å². The molecule has 0 aliphatic heterocycles. The second-order valence-electron chi connectivity index (χ2n) is 5.40. The zero-order chi connectivity index (χ0) is 18.1. The van der Waals surface area contributed by atoms with Crippen molar-refractivity contribution in [3.8, 4) is 0 Å². The number of amides is 2. The molecule has 130 valence electrons. The van der Waals surface area contributed by atoms with Crippen molar-refractivity contribution >= 4 is 17.9 Å². The van der Waals surface area contributed by atoms with Gasteiger partial charge in [0.25, 0.3) is 5.91 Å². The van der Waals surface area contributed by atoms with E-state index in [1.165, 1.54) is 11.6 Å². The van der Waals surface area contributed by atoms with E-state index in [-0.39, 0.29) is 5.91 Å². The van der Waals surface area contributed by atoms with Crippen LogP contribution in [0.1, 0.15) is 22.7 Å². The molecule has 4 N–H and O–H groups in total. The minimum Gasteiger partial charge on any atom is -0.350 e. The van der Waals surface area contributed by atoms with Gasteiger partial charge in [-0.1, -0.05) is 48.5 Å². The Labute approximate surface area is 146 Å². The fraction of sp³-hybridized carbons (Fsp3) is 0.158. The Hall–Kier alpha value is -2.96. The minimum absolute atomic E-state index is 0.138. The number of hydrogen-bond acceptors (Lipinski definition) is 4. The van der Waals surface area contributed by atoms with Crippen LogP contribution in [0.15, 0.2) is 60.7 Å². The molecular formula is C19H21N3O3. The lowest BCUT2D eigenvalue weighted by Gasteiger charge is -2.17. The third-order valence-electron chi connectivity index (χ3n) is 3.64. The van der Waals surface area contributed by atoms with Gasteiger partial charge in [-0.15, -0.1) is 0 Å². The average Bonchev–Trinajstić information content (AvgIpc) is 2.66. The maximum Gasteiger partial charge on any atom is 0.267 e. The van der Waals surface area contributed by atoms with Crippen molar-refractivity contribution in [1.29, 1.82) is 0 Å². The molecule has 0 aliphatic carbocycles. The van der Waals surface area contributed by atoms with Crippen LogP contribution in [0.4, 0.5) is 0 Å². The lowest BCUT2D eigenvalue weighted by atomic mass is 10.0. The summed E-state index contributed by atoms with van der Waals surface area (Å²) in [6.45, 7) is 0.452. The summed E-state index contributed by atoms with van der Waals surface area (Å²) >= 11 is 0. The first-order valence-corrected chi connectivity index (χ1v) is 7.85. The van der Waals surface area contributed by atoms with E-state index in [0.717, 1.165) is 16.7 Å². The highest BCUT2D eigenvalue weighted by atomic mass is 16.5. The number of hydroxylamine groups is 1. The molecule has 1 atom stereocenters. The molecule has 0 saturated carbocycles. The fourth-order valence-electron chi connectivity index (χ4n) is 2.39. The third kappa shape index (κ3) is 5.56. The third-order valence-corrected chi connectivity index (χ3v) is 3.64. The maximum absolute atomic E-state index is 12.5. The molecule has 0 aromatic heterocycles. The number of rotatable bonds is 7. The normalized spacial score (nSPS) is 11.9. The van der Waals surface area contributed by atoms with Gasteiger partial charge in [-0.25, -0.2) is 5.48 Å². The number of carbonyl (C=O) groups is 2. The number of nitrogens with one attached hydrogen (secondary N) is 3. The fourth-order valence-corrected chi connectivity index (χ4v) is 2.39. The quantitative estimate of drug-likeness (QED) is 0.352. The molecule has 0 bridgehead atoms. The van der Waals surface area contributed by atoms with Gasteiger partial charge in [0.2, 0.25) is 5.91 Å². The van der Waals surface area contributed by atoms with Crippen LogP contribution in [0.25, 0.3) is 6.08 Å². The first kappa shape index (κ1) is 18.4. The summed E-state index contributed by atoms with van der Waals surface area (Å²) in [6.07, 6.45) is 2.77. The number of benzene rings is 2. The Balaban J connectivity index is 2.07. The van der Waals surface area contributed by atoms with Crippen LogP contribution in [0.5, 0.6) is 0 Å². The first-order valence-electron chi connectivity index (χ1n) is 7.85.